The maximum absolute atomic E-state index is 12.3. The van der Waals surface area contributed by atoms with Crippen molar-refractivity contribution in [3.63, 3.8) is 0 Å². The minimum atomic E-state index is -0.0881. The average molecular weight is 264 g/mol. The van der Waals surface area contributed by atoms with Gasteiger partial charge in [0.15, 0.2) is 0 Å². The van der Waals surface area contributed by atoms with Gasteiger partial charge in [-0.2, -0.15) is 0 Å². The predicted octanol–water partition coefficient (Wildman–Crippen LogP) is 2.30. The molecule has 0 radical (unpaired) electrons. The van der Waals surface area contributed by atoms with E-state index in [4.69, 9.17) is 18.0 Å². The van der Waals surface area contributed by atoms with E-state index in [2.05, 4.69) is 0 Å². The Labute approximate surface area is 108 Å². The van der Waals surface area contributed by atoms with Gasteiger partial charge in [0.1, 0.15) is 6.04 Å². The van der Waals surface area contributed by atoms with Crippen LogP contribution in [0.4, 0.5) is 0 Å². The van der Waals surface area contributed by atoms with Crippen molar-refractivity contribution in [1.82, 2.24) is 3.96 Å². The first-order chi connectivity index (χ1) is 8.18. The minimum absolute atomic E-state index is 0.0373. The molecule has 0 aliphatic heterocycles. The summed E-state index contributed by atoms with van der Waals surface area (Å²) in [5, 5.41) is 0.763. The van der Waals surface area contributed by atoms with Crippen molar-refractivity contribution < 1.29 is 0 Å². The molecule has 1 heterocycles. The molecule has 1 saturated carbocycles. The van der Waals surface area contributed by atoms with Crippen LogP contribution in [0, 0.1) is 5.92 Å². The summed E-state index contributed by atoms with van der Waals surface area (Å²) in [6.07, 6.45) is 2.23. The molecule has 88 valence electrons. The molecule has 1 aliphatic carbocycles. The number of aromatic nitrogens is 1. The van der Waals surface area contributed by atoms with Gasteiger partial charge in [0.25, 0.3) is 5.56 Å². The predicted molar refractivity (Wildman–Crippen MR) is 74.6 cm³/mol. The number of rotatable bonds is 3. The van der Waals surface area contributed by atoms with Gasteiger partial charge in [-0.05, 0) is 30.9 Å². The van der Waals surface area contributed by atoms with Gasteiger partial charge in [-0.15, -0.1) is 0 Å². The van der Waals surface area contributed by atoms with Gasteiger partial charge in [-0.1, -0.05) is 35.9 Å². The lowest BCUT2D eigenvalue weighted by Crippen LogP contribution is -2.30. The number of thiocarbonyl (C=S) groups is 1. The topological polar surface area (TPSA) is 48.0 Å². The van der Waals surface area contributed by atoms with Crippen LogP contribution in [0.3, 0.4) is 0 Å². The first kappa shape index (κ1) is 10.9. The molecular formula is C12H12N2OS2. The van der Waals surface area contributed by atoms with E-state index in [0.29, 0.717) is 10.9 Å². The fourth-order valence-electron chi connectivity index (χ4n) is 2.12. The third kappa shape index (κ3) is 1.79. The van der Waals surface area contributed by atoms with Crippen LogP contribution in [0.25, 0.3) is 10.1 Å². The van der Waals surface area contributed by atoms with E-state index in [1.807, 2.05) is 24.3 Å². The maximum Gasteiger partial charge on any atom is 0.269 e. The van der Waals surface area contributed by atoms with Crippen molar-refractivity contribution >= 4 is 38.8 Å². The molecule has 3 nitrogen and oxygen atoms in total. The molecule has 1 aromatic carbocycles. The lowest BCUT2D eigenvalue weighted by Gasteiger charge is -2.14. The number of nitrogens with zero attached hydrogens (tertiary/aromatic N) is 1. The Morgan fingerprint density at radius 1 is 1.47 bits per heavy atom. The van der Waals surface area contributed by atoms with Crippen LogP contribution >= 0.6 is 23.8 Å². The number of nitrogens with two attached hydrogens (primary N) is 1. The quantitative estimate of drug-likeness (QED) is 0.865. The molecule has 0 saturated heterocycles. The van der Waals surface area contributed by atoms with Crippen molar-refractivity contribution in [2.75, 3.05) is 0 Å². The zero-order valence-corrected chi connectivity index (χ0v) is 10.8. The molecule has 1 aromatic heterocycles. The van der Waals surface area contributed by atoms with Gasteiger partial charge in [0.2, 0.25) is 0 Å². The van der Waals surface area contributed by atoms with Crippen molar-refractivity contribution in [1.29, 1.82) is 0 Å². The monoisotopic (exact) mass is 264 g/mol. The lowest BCUT2D eigenvalue weighted by atomic mass is 10.2. The van der Waals surface area contributed by atoms with Crippen LogP contribution in [0.5, 0.6) is 0 Å². The van der Waals surface area contributed by atoms with Crippen LogP contribution < -0.4 is 11.3 Å². The molecule has 1 unspecified atom stereocenters. The Hall–Kier alpha value is -1.20. The summed E-state index contributed by atoms with van der Waals surface area (Å²) < 4.78 is 2.75. The van der Waals surface area contributed by atoms with Gasteiger partial charge in [-0.25, -0.2) is 0 Å². The summed E-state index contributed by atoms with van der Waals surface area (Å²) in [4.78, 5) is 12.7. The highest BCUT2D eigenvalue weighted by Crippen LogP contribution is 2.40. The van der Waals surface area contributed by atoms with Crippen LogP contribution in [0.2, 0.25) is 0 Å². The number of fused-ring (bicyclic) bond motifs is 1. The molecule has 3 rings (SSSR count). The van der Waals surface area contributed by atoms with E-state index < -0.39 is 0 Å². The Morgan fingerprint density at radius 3 is 2.76 bits per heavy atom. The first-order valence-electron chi connectivity index (χ1n) is 5.58. The van der Waals surface area contributed by atoms with E-state index in [0.717, 1.165) is 22.9 Å². The van der Waals surface area contributed by atoms with Gasteiger partial charge in [0.05, 0.1) is 15.1 Å². The standard InChI is InChI=1S/C12H12N2OS2/c13-11(16)10(7-5-6-7)14-12(15)8-3-1-2-4-9(8)17-14/h1-4,7,10H,5-6H2,(H2,13,16). The second-order valence-corrected chi connectivity index (χ2v) is 5.89. The largest absolute Gasteiger partial charge is 0.392 e. The highest BCUT2D eigenvalue weighted by Gasteiger charge is 2.36. The van der Waals surface area contributed by atoms with E-state index in [-0.39, 0.29) is 11.6 Å². The Kier molecular flexibility index (Phi) is 2.52. The molecular weight excluding hydrogens is 252 g/mol. The third-order valence-electron chi connectivity index (χ3n) is 3.13. The summed E-state index contributed by atoms with van der Waals surface area (Å²) in [5.74, 6) is 0.457. The molecule has 1 aliphatic rings. The second kappa shape index (κ2) is 3.92. The SMILES string of the molecule is NC(=S)C(C1CC1)n1sc2ccccc2c1=O. The van der Waals surface area contributed by atoms with Crippen molar-refractivity contribution in [3.05, 3.63) is 34.6 Å². The van der Waals surface area contributed by atoms with Crippen LogP contribution in [0.15, 0.2) is 29.1 Å². The Morgan fingerprint density at radius 2 is 2.18 bits per heavy atom. The molecule has 5 heteroatoms. The van der Waals surface area contributed by atoms with E-state index in [1.165, 1.54) is 11.5 Å². The zero-order chi connectivity index (χ0) is 12.0. The van der Waals surface area contributed by atoms with E-state index in [9.17, 15) is 4.79 Å². The molecule has 17 heavy (non-hydrogen) atoms. The molecule has 0 bridgehead atoms. The molecule has 2 N–H and O–H groups in total. The van der Waals surface area contributed by atoms with Gasteiger partial charge in [0, 0.05) is 0 Å². The summed E-state index contributed by atoms with van der Waals surface area (Å²) in [6, 6.07) is 7.55. The highest BCUT2D eigenvalue weighted by molar-refractivity contribution is 7.80. The summed E-state index contributed by atoms with van der Waals surface area (Å²) in [6.45, 7) is 0. The number of hydrogen-bond donors (Lipinski definition) is 1. The fraction of sp³-hybridized carbons (Fsp3) is 0.333. The van der Waals surface area contributed by atoms with Crippen molar-refractivity contribution in [3.8, 4) is 0 Å². The van der Waals surface area contributed by atoms with Crippen LogP contribution in [0.1, 0.15) is 18.9 Å². The molecule has 1 atom stereocenters. The van der Waals surface area contributed by atoms with Gasteiger partial charge in [-0.3, -0.25) is 8.75 Å². The van der Waals surface area contributed by atoms with E-state index in [1.54, 1.807) is 3.96 Å². The minimum Gasteiger partial charge on any atom is -0.392 e. The Bertz CT molecular complexity index is 639. The number of benzene rings is 1. The third-order valence-corrected chi connectivity index (χ3v) is 4.51. The fourth-order valence-corrected chi connectivity index (χ4v) is 3.67. The maximum atomic E-state index is 12.3. The normalized spacial score (nSPS) is 17.2. The molecule has 2 aromatic rings. The first-order valence-corrected chi connectivity index (χ1v) is 6.76. The smallest absolute Gasteiger partial charge is 0.269 e. The zero-order valence-electron chi connectivity index (χ0n) is 9.13. The summed E-state index contributed by atoms with van der Waals surface area (Å²) in [7, 11) is 0. The van der Waals surface area contributed by atoms with Gasteiger partial charge < -0.3 is 5.73 Å². The average Bonchev–Trinajstić information content (AvgIpc) is 3.07. The van der Waals surface area contributed by atoms with Gasteiger partial charge >= 0.3 is 0 Å². The Balaban J connectivity index is 2.19. The van der Waals surface area contributed by atoms with Crippen molar-refractivity contribution in [2.24, 2.45) is 11.7 Å². The van der Waals surface area contributed by atoms with Crippen LogP contribution in [-0.4, -0.2) is 8.95 Å². The van der Waals surface area contributed by atoms with Crippen molar-refractivity contribution in [2.45, 2.75) is 18.9 Å². The van der Waals surface area contributed by atoms with Crippen LogP contribution in [-0.2, 0) is 0 Å². The number of hydrogen-bond acceptors (Lipinski definition) is 3. The molecule has 0 spiro atoms. The highest BCUT2D eigenvalue weighted by atomic mass is 32.1. The summed E-state index contributed by atoms with van der Waals surface area (Å²) >= 11 is 6.57. The summed E-state index contributed by atoms with van der Waals surface area (Å²) in [5.41, 5.74) is 5.82. The molecule has 1 fully saturated rings. The lowest BCUT2D eigenvalue weighted by molar-refractivity contribution is 0.599. The van der Waals surface area contributed by atoms with E-state index >= 15 is 0 Å². The molecule has 0 amide bonds. The second-order valence-electron chi connectivity index (χ2n) is 4.40.